The molecule has 2 rings (SSSR count). The van der Waals surface area contributed by atoms with Gasteiger partial charge < -0.3 is 15.2 Å². The molecule has 0 bridgehead atoms. The minimum Gasteiger partial charge on any atom is -0.481 e. The van der Waals surface area contributed by atoms with Crippen LogP contribution in [0.5, 0.6) is 0 Å². The van der Waals surface area contributed by atoms with E-state index in [4.69, 9.17) is 9.84 Å². The Morgan fingerprint density at radius 3 is 3.00 bits per heavy atom. The number of amides is 1. The van der Waals surface area contributed by atoms with Gasteiger partial charge in [0.05, 0.1) is 6.61 Å². The van der Waals surface area contributed by atoms with Crippen LogP contribution in [0, 0.1) is 0 Å². The minimum atomic E-state index is -0.928. The first kappa shape index (κ1) is 11.6. The molecule has 5 heteroatoms. The Kier molecular flexibility index (Phi) is 3.39. The molecule has 1 aliphatic rings. The monoisotopic (exact) mass is 235 g/mol. The lowest BCUT2D eigenvalue weighted by atomic mass is 10.2. The van der Waals surface area contributed by atoms with E-state index in [0.29, 0.717) is 6.61 Å². The van der Waals surface area contributed by atoms with E-state index in [1.807, 2.05) is 18.2 Å². The number of hydrogen-bond donors (Lipinski definition) is 2. The van der Waals surface area contributed by atoms with Crippen LogP contribution in [-0.4, -0.2) is 23.1 Å². The van der Waals surface area contributed by atoms with Crippen LogP contribution in [0.3, 0.4) is 0 Å². The van der Waals surface area contributed by atoms with Crippen molar-refractivity contribution in [2.24, 2.45) is 0 Å². The zero-order valence-corrected chi connectivity index (χ0v) is 9.18. The van der Waals surface area contributed by atoms with E-state index in [1.165, 1.54) is 0 Å². The summed E-state index contributed by atoms with van der Waals surface area (Å²) >= 11 is 0. The van der Waals surface area contributed by atoms with Crippen molar-refractivity contribution in [3.8, 4) is 0 Å². The smallest absolute Gasteiger partial charge is 0.303 e. The van der Waals surface area contributed by atoms with Gasteiger partial charge in [-0.2, -0.15) is 0 Å². The summed E-state index contributed by atoms with van der Waals surface area (Å²) in [5.74, 6) is -1.21. The van der Waals surface area contributed by atoms with Gasteiger partial charge in [0.1, 0.15) is 6.10 Å². The minimum absolute atomic E-state index is 0.0750. The summed E-state index contributed by atoms with van der Waals surface area (Å²) in [6.07, 6.45) is -0.581. The van der Waals surface area contributed by atoms with E-state index in [-0.39, 0.29) is 18.7 Å². The standard InChI is InChI=1S/C12H13NO4/c14-11(15)6-5-10-12(16)13-9-4-2-1-3-8(9)7-17-10/h1-4,10H,5-7H2,(H,13,16)(H,14,15). The predicted octanol–water partition coefficient (Wildman–Crippen LogP) is 1.39. The number of para-hydroxylation sites is 1. The highest BCUT2D eigenvalue weighted by atomic mass is 16.5. The van der Waals surface area contributed by atoms with Crippen molar-refractivity contribution in [3.05, 3.63) is 29.8 Å². The third-order valence-corrected chi connectivity index (χ3v) is 2.63. The van der Waals surface area contributed by atoms with Crippen LogP contribution in [0.1, 0.15) is 18.4 Å². The van der Waals surface area contributed by atoms with Gasteiger partial charge in [0.25, 0.3) is 5.91 Å². The third kappa shape index (κ3) is 2.82. The molecule has 1 aliphatic heterocycles. The molecule has 5 nitrogen and oxygen atoms in total. The quantitative estimate of drug-likeness (QED) is 0.830. The second-order valence-corrected chi connectivity index (χ2v) is 3.88. The van der Waals surface area contributed by atoms with Gasteiger partial charge in [-0.15, -0.1) is 0 Å². The SMILES string of the molecule is O=C(O)CCC1OCc2ccccc2NC1=O. The molecule has 0 radical (unpaired) electrons. The predicted molar refractivity (Wildman–Crippen MR) is 60.5 cm³/mol. The number of rotatable bonds is 3. The summed E-state index contributed by atoms with van der Waals surface area (Å²) in [6.45, 7) is 0.319. The Hall–Kier alpha value is -1.88. The molecule has 1 atom stereocenters. The van der Waals surface area contributed by atoms with Crippen LogP contribution in [0.25, 0.3) is 0 Å². The molecule has 0 saturated carbocycles. The molecule has 1 aromatic carbocycles. The Morgan fingerprint density at radius 2 is 2.24 bits per heavy atom. The molecule has 1 unspecified atom stereocenters. The second-order valence-electron chi connectivity index (χ2n) is 3.88. The average molecular weight is 235 g/mol. The van der Waals surface area contributed by atoms with Crippen LogP contribution in [0.15, 0.2) is 24.3 Å². The van der Waals surface area contributed by atoms with Crippen LogP contribution in [0.4, 0.5) is 5.69 Å². The summed E-state index contributed by atoms with van der Waals surface area (Å²) in [5, 5.41) is 11.3. The Balaban J connectivity index is 2.07. The van der Waals surface area contributed by atoms with E-state index in [2.05, 4.69) is 5.32 Å². The normalized spacial score (nSPS) is 19.1. The lowest BCUT2D eigenvalue weighted by molar-refractivity contribution is -0.138. The second kappa shape index (κ2) is 4.97. The molecule has 1 amide bonds. The first-order chi connectivity index (χ1) is 8.16. The maximum Gasteiger partial charge on any atom is 0.303 e. The highest BCUT2D eigenvalue weighted by molar-refractivity contribution is 5.95. The van der Waals surface area contributed by atoms with Gasteiger partial charge in [-0.05, 0) is 12.5 Å². The van der Waals surface area contributed by atoms with E-state index >= 15 is 0 Å². The maximum atomic E-state index is 11.8. The molecule has 0 spiro atoms. The fraction of sp³-hybridized carbons (Fsp3) is 0.333. The molecule has 0 saturated heterocycles. The van der Waals surface area contributed by atoms with Gasteiger partial charge in [-0.25, -0.2) is 0 Å². The maximum absolute atomic E-state index is 11.8. The first-order valence-electron chi connectivity index (χ1n) is 5.39. The number of fused-ring (bicyclic) bond motifs is 1. The summed E-state index contributed by atoms with van der Waals surface area (Å²) in [4.78, 5) is 22.2. The molecule has 0 aliphatic carbocycles. The topological polar surface area (TPSA) is 75.6 Å². The number of carbonyl (C=O) groups is 2. The van der Waals surface area contributed by atoms with Crippen molar-refractivity contribution in [1.29, 1.82) is 0 Å². The van der Waals surface area contributed by atoms with E-state index in [1.54, 1.807) is 6.07 Å². The molecular formula is C12H13NO4. The lowest BCUT2D eigenvalue weighted by Crippen LogP contribution is -2.28. The number of carboxylic acids is 1. The number of ether oxygens (including phenoxy) is 1. The van der Waals surface area contributed by atoms with Crippen LogP contribution in [-0.2, 0) is 20.9 Å². The summed E-state index contributed by atoms with van der Waals surface area (Å²) in [6, 6.07) is 7.37. The Labute approximate surface area is 98.4 Å². The van der Waals surface area contributed by atoms with Crippen molar-refractivity contribution in [3.63, 3.8) is 0 Å². The fourth-order valence-electron chi connectivity index (χ4n) is 1.72. The number of carboxylic acid groups (broad SMARTS) is 1. The third-order valence-electron chi connectivity index (χ3n) is 2.63. The molecule has 2 N–H and O–H groups in total. The van der Waals surface area contributed by atoms with Gasteiger partial charge >= 0.3 is 5.97 Å². The van der Waals surface area contributed by atoms with Crippen molar-refractivity contribution in [1.82, 2.24) is 0 Å². The molecular weight excluding hydrogens is 222 g/mol. The molecule has 1 heterocycles. The lowest BCUT2D eigenvalue weighted by Gasteiger charge is -2.11. The molecule has 0 aromatic heterocycles. The van der Waals surface area contributed by atoms with Gasteiger partial charge in [0.2, 0.25) is 0 Å². The van der Waals surface area contributed by atoms with Crippen molar-refractivity contribution in [2.75, 3.05) is 5.32 Å². The zero-order valence-electron chi connectivity index (χ0n) is 9.18. The van der Waals surface area contributed by atoms with E-state index in [0.717, 1.165) is 11.3 Å². The van der Waals surface area contributed by atoms with Gasteiger partial charge in [-0.1, -0.05) is 18.2 Å². The first-order valence-corrected chi connectivity index (χ1v) is 5.39. The molecule has 1 aromatic rings. The summed E-state index contributed by atoms with van der Waals surface area (Å²) in [5.41, 5.74) is 1.63. The Bertz CT molecular complexity index is 444. The van der Waals surface area contributed by atoms with Crippen molar-refractivity contribution >= 4 is 17.6 Å². The fourth-order valence-corrected chi connectivity index (χ4v) is 1.72. The van der Waals surface area contributed by atoms with E-state index < -0.39 is 12.1 Å². The average Bonchev–Trinajstić information content (AvgIpc) is 2.45. The number of benzene rings is 1. The number of anilines is 1. The van der Waals surface area contributed by atoms with E-state index in [9.17, 15) is 9.59 Å². The van der Waals surface area contributed by atoms with Gasteiger partial charge in [0.15, 0.2) is 0 Å². The van der Waals surface area contributed by atoms with Crippen LogP contribution >= 0.6 is 0 Å². The number of carbonyl (C=O) groups excluding carboxylic acids is 1. The van der Waals surface area contributed by atoms with Gasteiger partial charge in [-0.3, -0.25) is 9.59 Å². The molecule has 0 fully saturated rings. The highest BCUT2D eigenvalue weighted by Crippen LogP contribution is 2.22. The number of aliphatic carboxylic acids is 1. The van der Waals surface area contributed by atoms with Crippen LogP contribution < -0.4 is 5.32 Å². The highest BCUT2D eigenvalue weighted by Gasteiger charge is 2.24. The Morgan fingerprint density at radius 1 is 1.47 bits per heavy atom. The van der Waals surface area contributed by atoms with Crippen molar-refractivity contribution in [2.45, 2.75) is 25.6 Å². The largest absolute Gasteiger partial charge is 0.481 e. The summed E-state index contributed by atoms with van der Waals surface area (Å²) in [7, 11) is 0. The van der Waals surface area contributed by atoms with Crippen LogP contribution in [0.2, 0.25) is 0 Å². The van der Waals surface area contributed by atoms with Crippen molar-refractivity contribution < 1.29 is 19.4 Å². The number of nitrogens with one attached hydrogen (secondary N) is 1. The zero-order chi connectivity index (χ0) is 12.3. The molecule has 17 heavy (non-hydrogen) atoms. The number of hydrogen-bond acceptors (Lipinski definition) is 3. The van der Waals surface area contributed by atoms with Gasteiger partial charge in [0, 0.05) is 17.7 Å². The molecule has 90 valence electrons. The summed E-state index contributed by atoms with van der Waals surface area (Å²) < 4.78 is 5.42.